The lowest BCUT2D eigenvalue weighted by molar-refractivity contribution is -0.137. The van der Waals surface area contributed by atoms with Crippen LogP contribution in [-0.4, -0.2) is 15.8 Å². The molecule has 2 aromatic rings. The zero-order chi connectivity index (χ0) is 15.8. The first-order chi connectivity index (χ1) is 10.4. The van der Waals surface area contributed by atoms with E-state index in [1.165, 1.54) is 12.3 Å². The lowest BCUT2D eigenvalue weighted by Gasteiger charge is -2.39. The summed E-state index contributed by atoms with van der Waals surface area (Å²) < 4.78 is 37.9. The maximum atomic E-state index is 12.7. The third kappa shape index (κ3) is 2.38. The van der Waals surface area contributed by atoms with Crippen molar-refractivity contribution in [2.45, 2.75) is 30.9 Å². The van der Waals surface area contributed by atoms with Gasteiger partial charge in [-0.05, 0) is 37.1 Å². The third-order valence-electron chi connectivity index (χ3n) is 4.12. The number of rotatable bonds is 3. The molecule has 1 aliphatic carbocycles. The van der Waals surface area contributed by atoms with Gasteiger partial charge in [0.15, 0.2) is 5.78 Å². The first-order valence-electron chi connectivity index (χ1n) is 6.93. The van der Waals surface area contributed by atoms with Gasteiger partial charge in [0, 0.05) is 12.4 Å². The van der Waals surface area contributed by atoms with Crippen LogP contribution in [0.1, 0.15) is 41.0 Å². The van der Waals surface area contributed by atoms with E-state index < -0.39 is 17.2 Å². The summed E-state index contributed by atoms with van der Waals surface area (Å²) >= 11 is 0. The van der Waals surface area contributed by atoms with Crippen molar-refractivity contribution in [1.82, 2.24) is 9.97 Å². The molecule has 0 saturated heterocycles. The quantitative estimate of drug-likeness (QED) is 0.810. The summed E-state index contributed by atoms with van der Waals surface area (Å²) in [5, 5.41) is 0. The van der Waals surface area contributed by atoms with Crippen molar-refractivity contribution >= 4 is 5.78 Å². The first-order valence-corrected chi connectivity index (χ1v) is 6.93. The lowest BCUT2D eigenvalue weighted by Crippen LogP contribution is -2.43. The van der Waals surface area contributed by atoms with Gasteiger partial charge in [-0.25, -0.2) is 0 Å². The molecule has 0 radical (unpaired) electrons. The minimum absolute atomic E-state index is 0.174. The van der Waals surface area contributed by atoms with E-state index in [1.54, 1.807) is 18.2 Å². The first kappa shape index (κ1) is 14.7. The number of carbonyl (C=O) groups is 1. The Morgan fingerprint density at radius 1 is 1.09 bits per heavy atom. The van der Waals surface area contributed by atoms with Crippen LogP contribution in [-0.2, 0) is 11.6 Å². The van der Waals surface area contributed by atoms with Crippen LogP contribution in [0, 0.1) is 0 Å². The minimum Gasteiger partial charge on any atom is -0.291 e. The van der Waals surface area contributed by atoms with E-state index >= 15 is 0 Å². The summed E-state index contributed by atoms with van der Waals surface area (Å²) in [6, 6.07) is 7.33. The molecule has 1 aliphatic rings. The molecule has 0 atom stereocenters. The summed E-state index contributed by atoms with van der Waals surface area (Å²) in [6.45, 7) is 0. The molecule has 1 saturated carbocycles. The van der Waals surface area contributed by atoms with Gasteiger partial charge in [-0.1, -0.05) is 12.5 Å². The monoisotopic (exact) mass is 306 g/mol. The Kier molecular flexibility index (Phi) is 3.47. The number of nitrogens with zero attached hydrogens (tertiary/aromatic N) is 2. The molecule has 2 heterocycles. The maximum Gasteiger partial charge on any atom is 0.417 e. The molecule has 1 fully saturated rings. The highest BCUT2D eigenvalue weighted by atomic mass is 19.4. The highest BCUT2D eigenvalue weighted by Gasteiger charge is 2.47. The molecule has 22 heavy (non-hydrogen) atoms. The minimum atomic E-state index is -4.43. The van der Waals surface area contributed by atoms with Gasteiger partial charge >= 0.3 is 6.18 Å². The summed E-state index contributed by atoms with van der Waals surface area (Å²) in [5.74, 6) is -0.174. The molecular weight excluding hydrogens is 293 g/mol. The summed E-state index contributed by atoms with van der Waals surface area (Å²) in [4.78, 5) is 20.7. The molecule has 0 aromatic carbocycles. The number of halogens is 3. The van der Waals surface area contributed by atoms with Crippen molar-refractivity contribution in [1.29, 1.82) is 0 Å². The molecule has 0 spiro atoms. The molecule has 0 unspecified atom stereocenters. The van der Waals surface area contributed by atoms with Crippen LogP contribution in [0.4, 0.5) is 13.2 Å². The Bertz CT molecular complexity index is 677. The fourth-order valence-corrected chi connectivity index (χ4v) is 2.72. The van der Waals surface area contributed by atoms with Crippen molar-refractivity contribution in [3.8, 4) is 0 Å². The number of hydrogen-bond acceptors (Lipinski definition) is 3. The Balaban J connectivity index is 1.95. The summed E-state index contributed by atoms with van der Waals surface area (Å²) in [7, 11) is 0. The molecule has 0 bridgehead atoms. The van der Waals surface area contributed by atoms with E-state index in [-0.39, 0.29) is 5.78 Å². The van der Waals surface area contributed by atoms with Crippen LogP contribution in [0.2, 0.25) is 0 Å². The fourth-order valence-electron chi connectivity index (χ4n) is 2.72. The van der Waals surface area contributed by atoms with Crippen molar-refractivity contribution < 1.29 is 18.0 Å². The molecule has 6 heteroatoms. The topological polar surface area (TPSA) is 42.9 Å². The van der Waals surface area contributed by atoms with E-state index in [2.05, 4.69) is 9.97 Å². The van der Waals surface area contributed by atoms with Crippen LogP contribution in [0.3, 0.4) is 0 Å². The van der Waals surface area contributed by atoms with E-state index in [4.69, 9.17) is 0 Å². The average Bonchev–Trinajstić information content (AvgIpc) is 2.46. The van der Waals surface area contributed by atoms with Crippen LogP contribution >= 0.6 is 0 Å². The number of carbonyl (C=O) groups excluding carboxylic acids is 1. The van der Waals surface area contributed by atoms with E-state index in [1.807, 2.05) is 0 Å². The lowest BCUT2D eigenvalue weighted by atomic mass is 9.63. The Labute approximate surface area is 125 Å². The van der Waals surface area contributed by atoms with E-state index in [0.29, 0.717) is 24.2 Å². The second kappa shape index (κ2) is 5.19. The van der Waals surface area contributed by atoms with Crippen LogP contribution in [0.5, 0.6) is 0 Å². The fraction of sp³-hybridized carbons (Fsp3) is 0.312. The zero-order valence-corrected chi connectivity index (χ0v) is 11.6. The Hall–Kier alpha value is -2.24. The van der Waals surface area contributed by atoms with E-state index in [9.17, 15) is 18.0 Å². The number of hydrogen-bond donors (Lipinski definition) is 0. The number of aromatic nitrogens is 2. The molecule has 0 amide bonds. The van der Waals surface area contributed by atoms with Gasteiger partial charge in [-0.2, -0.15) is 13.2 Å². The van der Waals surface area contributed by atoms with Gasteiger partial charge in [0.2, 0.25) is 0 Å². The average molecular weight is 306 g/mol. The van der Waals surface area contributed by atoms with Crippen LogP contribution in [0.15, 0.2) is 42.7 Å². The highest BCUT2D eigenvalue weighted by Crippen LogP contribution is 2.45. The van der Waals surface area contributed by atoms with Crippen molar-refractivity contribution in [2.24, 2.45) is 0 Å². The van der Waals surface area contributed by atoms with E-state index in [0.717, 1.165) is 18.7 Å². The zero-order valence-electron chi connectivity index (χ0n) is 11.6. The standard InChI is InChI=1S/C16H13F3N2O/c17-16(18,19)11-5-6-13(21-10-11)15(7-3-8-15)14(22)12-4-1-2-9-20-12/h1-2,4-6,9-10H,3,7-8H2. The van der Waals surface area contributed by atoms with Gasteiger partial charge in [-0.3, -0.25) is 14.8 Å². The Morgan fingerprint density at radius 2 is 1.86 bits per heavy atom. The molecule has 0 N–H and O–H groups in total. The van der Waals surface area contributed by atoms with Gasteiger partial charge < -0.3 is 0 Å². The largest absolute Gasteiger partial charge is 0.417 e. The summed E-state index contributed by atoms with van der Waals surface area (Å²) in [5.41, 5.74) is -0.930. The number of alkyl halides is 3. The Morgan fingerprint density at radius 3 is 2.32 bits per heavy atom. The number of ketones is 1. The normalized spacial score (nSPS) is 16.9. The van der Waals surface area contributed by atoms with Crippen LogP contribution in [0.25, 0.3) is 0 Å². The molecule has 3 rings (SSSR count). The molecule has 3 nitrogen and oxygen atoms in total. The van der Waals surface area contributed by atoms with Crippen molar-refractivity contribution in [3.05, 3.63) is 59.7 Å². The molecular formula is C16H13F3N2O. The predicted molar refractivity (Wildman–Crippen MR) is 73.3 cm³/mol. The number of Topliss-reactive ketones (excluding diaryl/α,β-unsaturated/α-hetero) is 1. The van der Waals surface area contributed by atoms with Gasteiger partial charge in [0.05, 0.1) is 16.7 Å². The molecule has 0 aliphatic heterocycles. The van der Waals surface area contributed by atoms with Gasteiger partial charge in [-0.15, -0.1) is 0 Å². The van der Waals surface area contributed by atoms with Crippen molar-refractivity contribution in [3.63, 3.8) is 0 Å². The van der Waals surface area contributed by atoms with Crippen LogP contribution < -0.4 is 0 Å². The third-order valence-corrected chi connectivity index (χ3v) is 4.12. The maximum absolute atomic E-state index is 12.7. The summed E-state index contributed by atoms with van der Waals surface area (Å²) in [6.07, 6.45) is -0.0903. The number of pyridine rings is 2. The van der Waals surface area contributed by atoms with Crippen molar-refractivity contribution in [2.75, 3.05) is 0 Å². The predicted octanol–water partition coefficient (Wildman–Crippen LogP) is 3.80. The highest BCUT2D eigenvalue weighted by molar-refractivity contribution is 6.03. The molecule has 114 valence electrons. The molecule has 2 aromatic heterocycles. The smallest absolute Gasteiger partial charge is 0.291 e. The van der Waals surface area contributed by atoms with Gasteiger partial charge in [0.25, 0.3) is 0 Å². The second-order valence-electron chi connectivity index (χ2n) is 5.41. The van der Waals surface area contributed by atoms with Gasteiger partial charge in [0.1, 0.15) is 5.69 Å². The second-order valence-corrected chi connectivity index (χ2v) is 5.41. The SMILES string of the molecule is O=C(c1ccccn1)C1(c2ccc(C(F)(F)F)cn2)CCC1.